The number of rotatable bonds is 6. The molecule has 0 aliphatic rings. The van der Waals surface area contributed by atoms with Gasteiger partial charge in [0.15, 0.2) is 9.84 Å². The first-order chi connectivity index (χ1) is 7.10. The van der Waals surface area contributed by atoms with Crippen molar-refractivity contribution in [3.05, 3.63) is 0 Å². The van der Waals surface area contributed by atoms with E-state index in [2.05, 4.69) is 5.32 Å². The molecule has 7 heteroatoms. The summed E-state index contributed by atoms with van der Waals surface area (Å²) < 4.78 is 21.6. The van der Waals surface area contributed by atoms with Crippen LogP contribution in [0, 0.1) is 5.41 Å². The smallest absolute Gasteiger partial charge is 0.311 e. The van der Waals surface area contributed by atoms with Crippen LogP contribution >= 0.6 is 0 Å². The monoisotopic (exact) mass is 251 g/mol. The van der Waals surface area contributed by atoms with Gasteiger partial charge < -0.3 is 10.4 Å². The fraction of sp³-hybridized carbons (Fsp3) is 0.778. The van der Waals surface area contributed by atoms with Crippen molar-refractivity contribution in [1.29, 1.82) is 0 Å². The van der Waals surface area contributed by atoms with Crippen LogP contribution in [0.3, 0.4) is 0 Å². The van der Waals surface area contributed by atoms with E-state index in [0.29, 0.717) is 6.42 Å². The maximum atomic E-state index is 11.2. The minimum absolute atomic E-state index is 0.0762. The maximum Gasteiger partial charge on any atom is 0.311 e. The molecule has 2 N–H and O–H groups in total. The fourth-order valence-corrected chi connectivity index (χ4v) is 1.51. The van der Waals surface area contributed by atoms with Crippen LogP contribution < -0.4 is 5.32 Å². The Bertz CT molecular complexity index is 375. The standard InChI is InChI=1S/C9H17NO5S/c1-4-9(2,8(12)13)6-10-7(11)5-16(3,14)15/h4-6H2,1-3H3,(H,10,11)(H,12,13). The number of carboxylic acid groups (broad SMARTS) is 1. The van der Waals surface area contributed by atoms with Gasteiger partial charge >= 0.3 is 5.97 Å². The van der Waals surface area contributed by atoms with Gasteiger partial charge in [0, 0.05) is 12.8 Å². The third-order valence-electron chi connectivity index (χ3n) is 2.37. The van der Waals surface area contributed by atoms with Crippen LogP contribution in [0.1, 0.15) is 20.3 Å². The van der Waals surface area contributed by atoms with Crippen LogP contribution in [0.4, 0.5) is 0 Å². The lowest BCUT2D eigenvalue weighted by molar-refractivity contribution is -0.148. The van der Waals surface area contributed by atoms with Gasteiger partial charge in [-0.1, -0.05) is 6.92 Å². The summed E-state index contributed by atoms with van der Waals surface area (Å²) in [7, 11) is -3.38. The molecule has 0 rings (SSSR count). The quantitative estimate of drug-likeness (QED) is 0.672. The van der Waals surface area contributed by atoms with Crippen molar-refractivity contribution in [3.8, 4) is 0 Å². The number of carbonyl (C=O) groups excluding carboxylic acids is 1. The molecule has 16 heavy (non-hydrogen) atoms. The van der Waals surface area contributed by atoms with Crippen LogP contribution in [0.2, 0.25) is 0 Å². The molecule has 0 aromatic rings. The molecule has 0 saturated carbocycles. The maximum absolute atomic E-state index is 11.2. The number of hydrogen-bond acceptors (Lipinski definition) is 4. The zero-order valence-corrected chi connectivity index (χ0v) is 10.4. The van der Waals surface area contributed by atoms with E-state index in [-0.39, 0.29) is 6.54 Å². The molecule has 94 valence electrons. The first kappa shape index (κ1) is 14.9. The Hall–Kier alpha value is -1.11. The van der Waals surface area contributed by atoms with Crippen molar-refractivity contribution in [1.82, 2.24) is 5.32 Å². The fourth-order valence-electron chi connectivity index (χ4n) is 0.935. The molecule has 0 aliphatic carbocycles. The molecule has 1 unspecified atom stereocenters. The highest BCUT2D eigenvalue weighted by molar-refractivity contribution is 7.91. The van der Waals surface area contributed by atoms with Crippen LogP contribution in [-0.2, 0) is 19.4 Å². The van der Waals surface area contributed by atoms with Crippen molar-refractivity contribution in [2.75, 3.05) is 18.6 Å². The van der Waals surface area contributed by atoms with Crippen LogP contribution in [-0.4, -0.2) is 44.0 Å². The molecular weight excluding hydrogens is 234 g/mol. The normalized spacial score (nSPS) is 15.2. The van der Waals surface area contributed by atoms with Gasteiger partial charge in [-0.2, -0.15) is 0 Å². The summed E-state index contributed by atoms with van der Waals surface area (Å²) in [5, 5.41) is 11.2. The average Bonchev–Trinajstić information content (AvgIpc) is 2.11. The van der Waals surface area contributed by atoms with E-state index >= 15 is 0 Å². The van der Waals surface area contributed by atoms with E-state index < -0.39 is 32.9 Å². The number of amides is 1. The highest BCUT2D eigenvalue weighted by atomic mass is 32.2. The molecule has 0 heterocycles. The number of carboxylic acids is 1. The van der Waals surface area contributed by atoms with E-state index in [9.17, 15) is 18.0 Å². The second kappa shape index (κ2) is 5.29. The van der Waals surface area contributed by atoms with Gasteiger partial charge in [-0.3, -0.25) is 9.59 Å². The molecule has 0 radical (unpaired) electrons. The van der Waals surface area contributed by atoms with Crippen molar-refractivity contribution >= 4 is 21.7 Å². The molecular formula is C9H17NO5S. The summed E-state index contributed by atoms with van der Waals surface area (Å²) in [5.74, 6) is -2.31. The van der Waals surface area contributed by atoms with E-state index in [1.54, 1.807) is 6.92 Å². The predicted molar refractivity (Wildman–Crippen MR) is 58.8 cm³/mol. The Morgan fingerprint density at radius 3 is 2.19 bits per heavy atom. The highest BCUT2D eigenvalue weighted by Crippen LogP contribution is 2.19. The van der Waals surface area contributed by atoms with E-state index in [0.717, 1.165) is 6.26 Å². The van der Waals surface area contributed by atoms with Crippen molar-refractivity contribution < 1.29 is 23.1 Å². The molecule has 0 bridgehead atoms. The Kier molecular flexibility index (Phi) is 4.92. The third kappa shape index (κ3) is 5.11. The molecule has 1 atom stereocenters. The Morgan fingerprint density at radius 2 is 1.88 bits per heavy atom. The van der Waals surface area contributed by atoms with Gasteiger partial charge in [0.2, 0.25) is 5.91 Å². The summed E-state index contributed by atoms with van der Waals surface area (Å²) in [6, 6.07) is 0. The topological polar surface area (TPSA) is 101 Å². The Morgan fingerprint density at radius 1 is 1.38 bits per heavy atom. The first-order valence-corrected chi connectivity index (χ1v) is 6.84. The summed E-state index contributed by atoms with van der Waals surface area (Å²) in [4.78, 5) is 22.0. The molecule has 0 spiro atoms. The largest absolute Gasteiger partial charge is 0.481 e. The van der Waals surface area contributed by atoms with Gasteiger partial charge in [-0.15, -0.1) is 0 Å². The second-order valence-electron chi connectivity index (χ2n) is 4.07. The Balaban J connectivity index is 4.35. The van der Waals surface area contributed by atoms with E-state index in [4.69, 9.17) is 5.11 Å². The van der Waals surface area contributed by atoms with Crippen molar-refractivity contribution in [2.45, 2.75) is 20.3 Å². The molecule has 0 aliphatic heterocycles. The zero-order chi connectivity index (χ0) is 13.0. The number of aliphatic carboxylic acids is 1. The van der Waals surface area contributed by atoms with Gasteiger partial charge in [0.1, 0.15) is 5.75 Å². The van der Waals surface area contributed by atoms with Crippen LogP contribution in [0.25, 0.3) is 0 Å². The number of sulfone groups is 1. The van der Waals surface area contributed by atoms with Crippen molar-refractivity contribution in [2.24, 2.45) is 5.41 Å². The second-order valence-corrected chi connectivity index (χ2v) is 6.21. The number of hydrogen-bond donors (Lipinski definition) is 2. The summed E-state index contributed by atoms with van der Waals surface area (Å²) in [6.07, 6.45) is 1.30. The third-order valence-corrected chi connectivity index (χ3v) is 3.15. The van der Waals surface area contributed by atoms with Gasteiger partial charge in [0.25, 0.3) is 0 Å². The van der Waals surface area contributed by atoms with Crippen LogP contribution in [0.5, 0.6) is 0 Å². The van der Waals surface area contributed by atoms with Gasteiger partial charge in [0.05, 0.1) is 5.41 Å². The van der Waals surface area contributed by atoms with E-state index in [1.807, 2.05) is 0 Å². The molecule has 0 aromatic carbocycles. The molecule has 1 amide bonds. The Labute approximate surface area is 95.0 Å². The minimum atomic E-state index is -3.38. The van der Waals surface area contributed by atoms with Crippen molar-refractivity contribution in [3.63, 3.8) is 0 Å². The predicted octanol–water partition coefficient (Wildman–Crippen LogP) is -0.352. The van der Waals surface area contributed by atoms with E-state index in [1.165, 1.54) is 6.92 Å². The molecule has 6 nitrogen and oxygen atoms in total. The summed E-state index contributed by atoms with van der Waals surface area (Å²) >= 11 is 0. The van der Waals surface area contributed by atoms with Gasteiger partial charge in [-0.05, 0) is 13.3 Å². The number of nitrogens with one attached hydrogen (secondary N) is 1. The summed E-state index contributed by atoms with van der Waals surface area (Å²) in [5.41, 5.74) is -1.06. The minimum Gasteiger partial charge on any atom is -0.481 e. The zero-order valence-electron chi connectivity index (χ0n) is 9.61. The van der Waals surface area contributed by atoms with Crippen LogP contribution in [0.15, 0.2) is 0 Å². The highest BCUT2D eigenvalue weighted by Gasteiger charge is 2.31. The summed E-state index contributed by atoms with van der Waals surface area (Å²) in [6.45, 7) is 3.11. The number of carbonyl (C=O) groups is 2. The lowest BCUT2D eigenvalue weighted by Gasteiger charge is -2.23. The lowest BCUT2D eigenvalue weighted by atomic mass is 9.88. The molecule has 0 aromatic heterocycles. The average molecular weight is 251 g/mol. The molecule has 0 saturated heterocycles. The van der Waals surface area contributed by atoms with Gasteiger partial charge in [-0.25, -0.2) is 8.42 Å². The SMILES string of the molecule is CCC(C)(CNC(=O)CS(C)(=O)=O)C(=O)O. The molecule has 0 fully saturated rings. The lowest BCUT2D eigenvalue weighted by Crippen LogP contribution is -2.42. The first-order valence-electron chi connectivity index (χ1n) is 4.78.